The number of carbonyl (C=O) groups excluding carboxylic acids is 2. The Bertz CT molecular complexity index is 379. The molecule has 0 amide bonds. The molecule has 102 valence electrons. The molecule has 0 saturated carbocycles. The second-order valence-corrected chi connectivity index (χ2v) is 5.67. The van der Waals surface area contributed by atoms with Crippen molar-refractivity contribution in [3.8, 4) is 0 Å². The maximum Gasteiger partial charge on any atom is 0.176 e. The van der Waals surface area contributed by atoms with E-state index in [1.807, 2.05) is 13.8 Å². The molecule has 4 nitrogen and oxygen atoms in total. The van der Waals surface area contributed by atoms with Crippen LogP contribution in [0.5, 0.6) is 0 Å². The summed E-state index contributed by atoms with van der Waals surface area (Å²) in [7, 11) is 0. The van der Waals surface area contributed by atoms with Crippen LogP contribution < -0.4 is 0 Å². The summed E-state index contributed by atoms with van der Waals surface area (Å²) in [6, 6.07) is 0. The van der Waals surface area contributed by atoms with Crippen LogP contribution in [0, 0.1) is 17.8 Å². The number of hydrogen-bond acceptors (Lipinski definition) is 4. The molecule has 0 heterocycles. The van der Waals surface area contributed by atoms with Crippen LogP contribution in [0.4, 0.5) is 0 Å². The first-order valence-corrected chi connectivity index (χ1v) is 6.47. The summed E-state index contributed by atoms with van der Waals surface area (Å²) in [4.78, 5) is 23.9. The van der Waals surface area contributed by atoms with Crippen LogP contribution in [0.15, 0.2) is 11.3 Å². The molecule has 0 saturated heterocycles. The molecule has 0 aromatic rings. The van der Waals surface area contributed by atoms with E-state index in [-0.39, 0.29) is 17.3 Å². The lowest BCUT2D eigenvalue weighted by Gasteiger charge is -2.14. The van der Waals surface area contributed by atoms with Crippen molar-refractivity contribution in [3.63, 3.8) is 0 Å². The summed E-state index contributed by atoms with van der Waals surface area (Å²) >= 11 is 0. The Labute approximate surface area is 108 Å². The number of aliphatic hydroxyl groups is 2. The number of rotatable bonds is 5. The molecule has 0 radical (unpaired) electrons. The van der Waals surface area contributed by atoms with Gasteiger partial charge in [0.1, 0.15) is 17.4 Å². The van der Waals surface area contributed by atoms with Crippen molar-refractivity contribution in [2.24, 2.45) is 17.8 Å². The van der Waals surface area contributed by atoms with E-state index in [0.29, 0.717) is 12.3 Å². The van der Waals surface area contributed by atoms with Crippen LogP contribution in [0.3, 0.4) is 0 Å². The molecule has 18 heavy (non-hydrogen) atoms. The van der Waals surface area contributed by atoms with Gasteiger partial charge < -0.3 is 10.2 Å². The quantitative estimate of drug-likeness (QED) is 0.736. The molecule has 0 bridgehead atoms. The van der Waals surface area contributed by atoms with Gasteiger partial charge >= 0.3 is 0 Å². The fourth-order valence-electron chi connectivity index (χ4n) is 2.13. The highest BCUT2D eigenvalue weighted by atomic mass is 16.3. The lowest BCUT2D eigenvalue weighted by molar-refractivity contribution is -0.125. The minimum atomic E-state index is -1.21. The Morgan fingerprint density at radius 2 is 1.83 bits per heavy atom. The highest BCUT2D eigenvalue weighted by molar-refractivity contribution is 6.23. The number of hydrogen-bond donors (Lipinski definition) is 2. The van der Waals surface area contributed by atoms with Gasteiger partial charge in [-0.2, -0.15) is 0 Å². The first-order valence-electron chi connectivity index (χ1n) is 6.47. The van der Waals surface area contributed by atoms with Crippen LogP contribution in [-0.4, -0.2) is 27.9 Å². The van der Waals surface area contributed by atoms with Gasteiger partial charge in [0.25, 0.3) is 0 Å². The Morgan fingerprint density at radius 1 is 1.28 bits per heavy atom. The number of carbonyl (C=O) groups is 2. The third-order valence-corrected chi connectivity index (χ3v) is 3.33. The third-order valence-electron chi connectivity index (χ3n) is 3.33. The molecule has 1 aliphatic carbocycles. The smallest absolute Gasteiger partial charge is 0.176 e. The average molecular weight is 254 g/mol. The normalized spacial score (nSPS) is 24.5. The van der Waals surface area contributed by atoms with Crippen molar-refractivity contribution in [2.45, 2.75) is 46.6 Å². The largest absolute Gasteiger partial charge is 0.509 e. The summed E-state index contributed by atoms with van der Waals surface area (Å²) in [5, 5.41) is 19.6. The summed E-state index contributed by atoms with van der Waals surface area (Å²) < 4.78 is 0. The van der Waals surface area contributed by atoms with Crippen LogP contribution >= 0.6 is 0 Å². The molecule has 0 spiro atoms. The summed E-state index contributed by atoms with van der Waals surface area (Å²) in [6.45, 7) is 7.39. The molecule has 4 heteroatoms. The first-order chi connectivity index (χ1) is 8.27. The van der Waals surface area contributed by atoms with Crippen LogP contribution in [0.25, 0.3) is 0 Å². The maximum absolute atomic E-state index is 12.1. The Morgan fingerprint density at radius 3 is 2.28 bits per heavy atom. The standard InChI is InChI=1S/C14H22O4/c1-7(2)5-6-9-12(16)10(11(15)8(3)4)14(18)13(9)17/h7-9,13,17-18H,5-6H2,1-4H3/t9-,13-/m1/s1. The predicted octanol–water partition coefficient (Wildman–Crippen LogP) is 2.02. The minimum absolute atomic E-state index is 0.189. The van der Waals surface area contributed by atoms with E-state index in [1.165, 1.54) is 0 Å². The number of allylic oxidation sites excluding steroid dienone is 1. The zero-order valence-electron chi connectivity index (χ0n) is 11.4. The van der Waals surface area contributed by atoms with Crippen LogP contribution in [-0.2, 0) is 9.59 Å². The van der Waals surface area contributed by atoms with Crippen molar-refractivity contribution >= 4 is 11.6 Å². The molecule has 1 rings (SSSR count). The molecule has 0 fully saturated rings. The van der Waals surface area contributed by atoms with Gasteiger partial charge in [0.2, 0.25) is 0 Å². The minimum Gasteiger partial charge on any atom is -0.509 e. The highest BCUT2D eigenvalue weighted by Gasteiger charge is 2.44. The van der Waals surface area contributed by atoms with E-state index in [1.54, 1.807) is 13.8 Å². The van der Waals surface area contributed by atoms with Gasteiger partial charge in [-0.15, -0.1) is 0 Å². The van der Waals surface area contributed by atoms with Crippen molar-refractivity contribution in [3.05, 3.63) is 11.3 Å². The van der Waals surface area contributed by atoms with Gasteiger partial charge in [0.05, 0.1) is 5.92 Å². The lowest BCUT2D eigenvalue weighted by atomic mass is 9.91. The van der Waals surface area contributed by atoms with Crippen molar-refractivity contribution in [1.82, 2.24) is 0 Å². The Balaban J connectivity index is 2.89. The number of Topliss-reactive ketones (excluding diaryl/α,β-unsaturated/α-hetero) is 2. The maximum atomic E-state index is 12.1. The predicted molar refractivity (Wildman–Crippen MR) is 68.1 cm³/mol. The molecule has 1 aliphatic rings. The summed E-state index contributed by atoms with van der Waals surface area (Å²) in [5.41, 5.74) is -0.189. The summed E-state index contributed by atoms with van der Waals surface area (Å²) in [6.07, 6.45) is 0.0643. The van der Waals surface area contributed by atoms with Crippen molar-refractivity contribution in [2.75, 3.05) is 0 Å². The van der Waals surface area contributed by atoms with Crippen LogP contribution in [0.1, 0.15) is 40.5 Å². The average Bonchev–Trinajstić information content (AvgIpc) is 2.47. The third kappa shape index (κ3) is 2.80. The van der Waals surface area contributed by atoms with Gasteiger partial charge in [-0.05, 0) is 12.3 Å². The molecule has 2 atom stereocenters. The monoisotopic (exact) mass is 254 g/mol. The fraction of sp³-hybridized carbons (Fsp3) is 0.714. The highest BCUT2D eigenvalue weighted by Crippen LogP contribution is 2.33. The van der Waals surface area contributed by atoms with Gasteiger partial charge in [-0.25, -0.2) is 0 Å². The van der Waals surface area contributed by atoms with E-state index >= 15 is 0 Å². The fourth-order valence-corrected chi connectivity index (χ4v) is 2.13. The van der Waals surface area contributed by atoms with E-state index in [2.05, 4.69) is 0 Å². The van der Waals surface area contributed by atoms with E-state index < -0.39 is 23.6 Å². The Hall–Kier alpha value is -1.16. The Kier molecular flexibility index (Phi) is 4.68. The SMILES string of the molecule is CC(C)CC[C@@H]1C(=O)C(C(=O)C(C)C)=C(O)[C@@H]1O. The molecular formula is C14H22O4. The molecule has 0 aromatic carbocycles. The molecular weight excluding hydrogens is 232 g/mol. The topological polar surface area (TPSA) is 74.6 Å². The van der Waals surface area contributed by atoms with E-state index in [4.69, 9.17) is 0 Å². The van der Waals surface area contributed by atoms with E-state index in [0.717, 1.165) is 6.42 Å². The lowest BCUT2D eigenvalue weighted by Crippen LogP contribution is -2.24. The molecule has 0 unspecified atom stereocenters. The van der Waals surface area contributed by atoms with Gasteiger partial charge in [0.15, 0.2) is 11.6 Å². The van der Waals surface area contributed by atoms with Crippen LogP contribution in [0.2, 0.25) is 0 Å². The molecule has 0 aromatic heterocycles. The molecule has 2 N–H and O–H groups in total. The van der Waals surface area contributed by atoms with Crippen molar-refractivity contribution < 1.29 is 19.8 Å². The zero-order valence-corrected chi connectivity index (χ0v) is 11.4. The van der Waals surface area contributed by atoms with Gasteiger partial charge in [-0.1, -0.05) is 34.1 Å². The first kappa shape index (κ1) is 14.9. The van der Waals surface area contributed by atoms with E-state index in [9.17, 15) is 19.8 Å². The second kappa shape index (κ2) is 5.65. The summed E-state index contributed by atoms with van der Waals surface area (Å²) in [5.74, 6) is -1.83. The van der Waals surface area contributed by atoms with Crippen molar-refractivity contribution in [1.29, 1.82) is 0 Å². The zero-order chi connectivity index (χ0) is 14.0. The number of ketones is 2. The molecule has 0 aliphatic heterocycles. The number of aliphatic hydroxyl groups excluding tert-OH is 2. The van der Waals surface area contributed by atoms with Gasteiger partial charge in [-0.3, -0.25) is 9.59 Å². The second-order valence-electron chi connectivity index (χ2n) is 5.67. The van der Waals surface area contributed by atoms with Gasteiger partial charge in [0, 0.05) is 5.92 Å².